The lowest BCUT2D eigenvalue weighted by atomic mass is 9.94. The molecule has 0 radical (unpaired) electrons. The molecule has 2 N–H and O–H groups in total. The largest absolute Gasteiger partial charge is 0.285 e. The Bertz CT molecular complexity index is 585. The molecule has 2 fully saturated rings. The zero-order chi connectivity index (χ0) is 18.5. The van der Waals surface area contributed by atoms with Crippen LogP contribution in [0.3, 0.4) is 0 Å². The molecule has 0 aliphatic heterocycles. The van der Waals surface area contributed by atoms with Crippen LogP contribution in [0.15, 0.2) is 24.3 Å². The van der Waals surface area contributed by atoms with E-state index in [1.54, 1.807) is 18.2 Å². The van der Waals surface area contributed by atoms with Gasteiger partial charge in [-0.2, -0.15) is 0 Å². The van der Waals surface area contributed by atoms with E-state index in [-0.39, 0.29) is 23.2 Å². The van der Waals surface area contributed by atoms with Crippen molar-refractivity contribution in [2.45, 2.75) is 76.3 Å². The molecular formula is C20H28N2O4. The van der Waals surface area contributed by atoms with Crippen molar-refractivity contribution in [2.75, 3.05) is 0 Å². The molecule has 0 unspecified atom stereocenters. The highest BCUT2D eigenvalue weighted by Gasteiger charge is 2.28. The molecule has 0 spiro atoms. The van der Waals surface area contributed by atoms with E-state index in [1.807, 2.05) is 0 Å². The Kier molecular flexibility index (Phi) is 6.27. The summed E-state index contributed by atoms with van der Waals surface area (Å²) < 4.78 is 0. The summed E-state index contributed by atoms with van der Waals surface area (Å²) in [4.78, 5) is 25.2. The van der Waals surface area contributed by atoms with E-state index in [9.17, 15) is 20.0 Å². The van der Waals surface area contributed by atoms with Gasteiger partial charge >= 0.3 is 0 Å². The van der Waals surface area contributed by atoms with Crippen LogP contribution >= 0.6 is 0 Å². The van der Waals surface area contributed by atoms with Crippen molar-refractivity contribution in [3.8, 4) is 0 Å². The quantitative estimate of drug-likeness (QED) is 0.628. The fourth-order valence-electron chi connectivity index (χ4n) is 4.03. The summed E-state index contributed by atoms with van der Waals surface area (Å²) in [6.07, 6.45) is 9.50. The highest BCUT2D eigenvalue weighted by molar-refractivity contribution is 5.99. The number of hydroxylamine groups is 4. The molecule has 0 bridgehead atoms. The third-order valence-corrected chi connectivity index (χ3v) is 5.61. The molecule has 2 saturated carbocycles. The monoisotopic (exact) mass is 360 g/mol. The maximum Gasteiger partial charge on any atom is 0.277 e. The average molecular weight is 360 g/mol. The predicted molar refractivity (Wildman–Crippen MR) is 96.1 cm³/mol. The summed E-state index contributed by atoms with van der Waals surface area (Å²) in [6.45, 7) is 0. The Morgan fingerprint density at radius 3 is 1.50 bits per heavy atom. The van der Waals surface area contributed by atoms with Crippen molar-refractivity contribution in [3.05, 3.63) is 35.4 Å². The second-order valence-corrected chi connectivity index (χ2v) is 7.46. The van der Waals surface area contributed by atoms with Crippen LogP contribution in [0.25, 0.3) is 0 Å². The first kappa shape index (κ1) is 18.9. The van der Waals surface area contributed by atoms with Crippen LogP contribution in [0.1, 0.15) is 84.9 Å². The van der Waals surface area contributed by atoms with E-state index < -0.39 is 11.8 Å². The van der Waals surface area contributed by atoms with Gasteiger partial charge in [-0.15, -0.1) is 0 Å². The summed E-state index contributed by atoms with van der Waals surface area (Å²) in [6, 6.07) is 5.94. The molecule has 6 nitrogen and oxygen atoms in total. The Labute approximate surface area is 154 Å². The molecule has 0 heterocycles. The SMILES string of the molecule is O=C(c1cccc(C(=O)N(O)C2CCCCC2)c1)N(O)C1CCCCC1. The van der Waals surface area contributed by atoms with Crippen molar-refractivity contribution in [3.63, 3.8) is 0 Å². The summed E-state index contributed by atoms with van der Waals surface area (Å²) >= 11 is 0. The Hall–Kier alpha value is -1.92. The van der Waals surface area contributed by atoms with Crippen molar-refractivity contribution in [2.24, 2.45) is 0 Å². The summed E-state index contributed by atoms with van der Waals surface area (Å²) in [5.41, 5.74) is 0.530. The van der Waals surface area contributed by atoms with Crippen molar-refractivity contribution < 1.29 is 20.0 Å². The Balaban J connectivity index is 1.70. The van der Waals surface area contributed by atoms with Crippen molar-refractivity contribution >= 4 is 11.8 Å². The van der Waals surface area contributed by atoms with E-state index >= 15 is 0 Å². The number of hydrogen-bond acceptors (Lipinski definition) is 4. The van der Waals surface area contributed by atoms with Gasteiger partial charge in [0.1, 0.15) is 0 Å². The first-order chi connectivity index (χ1) is 12.6. The second kappa shape index (κ2) is 8.64. The number of carbonyl (C=O) groups is 2. The van der Waals surface area contributed by atoms with Crippen LogP contribution in [0.5, 0.6) is 0 Å². The number of amides is 2. The third kappa shape index (κ3) is 4.24. The first-order valence-electron chi connectivity index (χ1n) is 9.73. The summed E-state index contributed by atoms with van der Waals surface area (Å²) in [7, 11) is 0. The molecule has 2 aliphatic carbocycles. The maximum absolute atomic E-state index is 12.6. The predicted octanol–water partition coefficient (Wildman–Crippen LogP) is 4.01. The van der Waals surface area contributed by atoms with Gasteiger partial charge in [-0.3, -0.25) is 20.0 Å². The van der Waals surface area contributed by atoms with Crippen molar-refractivity contribution in [1.29, 1.82) is 0 Å². The first-order valence-corrected chi connectivity index (χ1v) is 9.73. The van der Waals surface area contributed by atoms with Crippen LogP contribution in [0, 0.1) is 0 Å². The molecule has 1 aromatic rings. The smallest absolute Gasteiger partial charge is 0.277 e. The molecule has 0 saturated heterocycles. The Morgan fingerprint density at radius 2 is 1.12 bits per heavy atom. The molecule has 26 heavy (non-hydrogen) atoms. The summed E-state index contributed by atoms with van der Waals surface area (Å²) in [5, 5.41) is 22.2. The number of rotatable bonds is 4. The lowest BCUT2D eigenvalue weighted by molar-refractivity contribution is -0.0969. The van der Waals surface area contributed by atoms with Gasteiger partial charge in [0.25, 0.3) is 11.8 Å². The van der Waals surface area contributed by atoms with E-state index in [0.29, 0.717) is 0 Å². The van der Waals surface area contributed by atoms with Crippen LogP contribution in [-0.2, 0) is 0 Å². The minimum absolute atomic E-state index is 0.160. The van der Waals surface area contributed by atoms with Gasteiger partial charge in [0.15, 0.2) is 0 Å². The van der Waals surface area contributed by atoms with Crippen molar-refractivity contribution in [1.82, 2.24) is 10.1 Å². The number of hydrogen-bond donors (Lipinski definition) is 2. The molecule has 2 amide bonds. The molecule has 3 rings (SSSR count). The van der Waals surface area contributed by atoms with E-state index in [2.05, 4.69) is 0 Å². The van der Waals surface area contributed by atoms with Gasteiger partial charge in [-0.1, -0.05) is 44.6 Å². The standard InChI is InChI=1S/C20H28N2O4/c23-19(21(25)17-10-3-1-4-11-17)15-8-7-9-16(14-15)20(24)22(26)18-12-5-2-6-13-18/h7-9,14,17-18,25-26H,1-6,10-13H2. The van der Waals surface area contributed by atoms with E-state index in [1.165, 1.54) is 6.07 Å². The van der Waals surface area contributed by atoms with Crippen LogP contribution in [0.4, 0.5) is 0 Å². The molecule has 0 aromatic heterocycles. The van der Waals surface area contributed by atoms with Crippen LogP contribution in [0.2, 0.25) is 0 Å². The van der Waals surface area contributed by atoms with Gasteiger partial charge < -0.3 is 0 Å². The van der Waals surface area contributed by atoms with Crippen LogP contribution in [-0.4, -0.2) is 44.4 Å². The van der Waals surface area contributed by atoms with E-state index in [4.69, 9.17) is 0 Å². The topological polar surface area (TPSA) is 81.1 Å². The van der Waals surface area contributed by atoms with Crippen LogP contribution < -0.4 is 0 Å². The number of nitrogens with zero attached hydrogens (tertiary/aromatic N) is 2. The van der Waals surface area contributed by atoms with Gasteiger partial charge in [0.05, 0.1) is 12.1 Å². The summed E-state index contributed by atoms with van der Waals surface area (Å²) in [5.74, 6) is -0.984. The normalized spacial score (nSPS) is 19.2. The molecule has 142 valence electrons. The molecule has 1 aromatic carbocycles. The molecule has 2 aliphatic rings. The lowest BCUT2D eigenvalue weighted by Crippen LogP contribution is -2.40. The third-order valence-electron chi connectivity index (χ3n) is 5.61. The number of benzene rings is 1. The Morgan fingerprint density at radius 1 is 0.731 bits per heavy atom. The fourth-order valence-corrected chi connectivity index (χ4v) is 4.03. The van der Waals surface area contributed by atoms with Gasteiger partial charge in [0, 0.05) is 11.1 Å². The number of carbonyl (C=O) groups excluding carboxylic acids is 2. The highest BCUT2D eigenvalue weighted by Crippen LogP contribution is 2.24. The molecule has 0 atom stereocenters. The lowest BCUT2D eigenvalue weighted by Gasteiger charge is -2.30. The second-order valence-electron chi connectivity index (χ2n) is 7.46. The zero-order valence-electron chi connectivity index (χ0n) is 15.1. The minimum Gasteiger partial charge on any atom is -0.285 e. The molecule has 6 heteroatoms. The van der Waals surface area contributed by atoms with Gasteiger partial charge in [-0.25, -0.2) is 10.1 Å². The average Bonchev–Trinajstić information content (AvgIpc) is 2.73. The zero-order valence-corrected chi connectivity index (χ0v) is 15.1. The molecular weight excluding hydrogens is 332 g/mol. The highest BCUT2D eigenvalue weighted by atomic mass is 16.5. The van der Waals surface area contributed by atoms with E-state index in [0.717, 1.165) is 74.3 Å². The van der Waals surface area contributed by atoms with Gasteiger partial charge in [0.2, 0.25) is 0 Å². The minimum atomic E-state index is -0.492. The maximum atomic E-state index is 12.6. The fraction of sp³-hybridized carbons (Fsp3) is 0.600. The van der Waals surface area contributed by atoms with Gasteiger partial charge in [-0.05, 0) is 43.9 Å².